The van der Waals surface area contributed by atoms with Crippen LogP contribution >= 0.6 is 0 Å². The molecule has 0 spiro atoms. The van der Waals surface area contributed by atoms with Gasteiger partial charge in [-0.3, -0.25) is 0 Å². The Morgan fingerprint density at radius 3 is 2.76 bits per heavy atom. The molecule has 1 heterocycles. The average molecular weight is 233 g/mol. The standard InChI is InChI=1S/C12H19N5/c1-4-17(9-12(2,3)8-14)11-10(7-13)5-6-15-16-11/h5-6H,4,8-9,14H2,1-3H3. The van der Waals surface area contributed by atoms with Crippen molar-refractivity contribution in [3.63, 3.8) is 0 Å². The van der Waals surface area contributed by atoms with Gasteiger partial charge in [0.2, 0.25) is 0 Å². The highest BCUT2D eigenvalue weighted by molar-refractivity contribution is 5.52. The Morgan fingerprint density at radius 1 is 1.53 bits per heavy atom. The molecule has 0 bridgehead atoms. The van der Waals surface area contributed by atoms with Crippen molar-refractivity contribution < 1.29 is 0 Å². The first-order valence-corrected chi connectivity index (χ1v) is 5.71. The molecule has 1 rings (SSSR count). The number of hydrogen-bond acceptors (Lipinski definition) is 5. The topological polar surface area (TPSA) is 78.8 Å². The van der Waals surface area contributed by atoms with Crippen LogP contribution in [0.3, 0.4) is 0 Å². The van der Waals surface area contributed by atoms with Crippen molar-refractivity contribution in [2.45, 2.75) is 20.8 Å². The quantitative estimate of drug-likeness (QED) is 0.825. The molecule has 2 N–H and O–H groups in total. The van der Waals surface area contributed by atoms with Crippen LogP contribution < -0.4 is 10.6 Å². The molecule has 0 saturated heterocycles. The summed E-state index contributed by atoms with van der Waals surface area (Å²) in [5.41, 5.74) is 6.27. The van der Waals surface area contributed by atoms with E-state index in [9.17, 15) is 0 Å². The monoisotopic (exact) mass is 233 g/mol. The molecular formula is C12H19N5. The third-order valence-corrected chi connectivity index (χ3v) is 2.67. The van der Waals surface area contributed by atoms with E-state index in [1.54, 1.807) is 6.07 Å². The summed E-state index contributed by atoms with van der Waals surface area (Å²) in [4.78, 5) is 2.04. The fourth-order valence-electron chi connectivity index (χ4n) is 1.56. The van der Waals surface area contributed by atoms with Gasteiger partial charge in [0.25, 0.3) is 0 Å². The van der Waals surface area contributed by atoms with Crippen molar-refractivity contribution >= 4 is 5.82 Å². The second kappa shape index (κ2) is 5.60. The molecule has 0 amide bonds. The lowest BCUT2D eigenvalue weighted by Crippen LogP contribution is -2.39. The fourth-order valence-corrected chi connectivity index (χ4v) is 1.56. The molecule has 17 heavy (non-hydrogen) atoms. The maximum atomic E-state index is 9.05. The van der Waals surface area contributed by atoms with E-state index in [1.807, 2.05) is 11.8 Å². The van der Waals surface area contributed by atoms with Gasteiger partial charge in [0.05, 0.1) is 11.8 Å². The van der Waals surface area contributed by atoms with Crippen LogP contribution in [-0.4, -0.2) is 29.8 Å². The van der Waals surface area contributed by atoms with Gasteiger partial charge >= 0.3 is 0 Å². The summed E-state index contributed by atoms with van der Waals surface area (Å²) in [7, 11) is 0. The number of rotatable bonds is 5. The van der Waals surface area contributed by atoms with Crippen LogP contribution in [0.2, 0.25) is 0 Å². The summed E-state index contributed by atoms with van der Waals surface area (Å²) in [6.07, 6.45) is 1.53. The Bertz CT molecular complexity index is 408. The molecule has 5 heteroatoms. The molecule has 0 fully saturated rings. The van der Waals surface area contributed by atoms with Gasteiger partial charge < -0.3 is 10.6 Å². The Hall–Kier alpha value is -1.67. The van der Waals surface area contributed by atoms with E-state index in [2.05, 4.69) is 30.1 Å². The van der Waals surface area contributed by atoms with Crippen LogP contribution in [0.15, 0.2) is 12.3 Å². The van der Waals surface area contributed by atoms with Gasteiger partial charge in [0.15, 0.2) is 5.82 Å². The van der Waals surface area contributed by atoms with Gasteiger partial charge in [-0.05, 0) is 24.9 Å². The highest BCUT2D eigenvalue weighted by Crippen LogP contribution is 2.21. The average Bonchev–Trinajstić information content (AvgIpc) is 2.36. The van der Waals surface area contributed by atoms with Crippen molar-refractivity contribution in [2.75, 3.05) is 24.5 Å². The summed E-state index contributed by atoms with van der Waals surface area (Å²) < 4.78 is 0. The van der Waals surface area contributed by atoms with Crippen molar-refractivity contribution in [1.82, 2.24) is 10.2 Å². The minimum absolute atomic E-state index is 0.0136. The lowest BCUT2D eigenvalue weighted by atomic mass is 9.93. The SMILES string of the molecule is CCN(CC(C)(C)CN)c1nnccc1C#N. The highest BCUT2D eigenvalue weighted by Gasteiger charge is 2.22. The van der Waals surface area contributed by atoms with Crippen molar-refractivity contribution in [1.29, 1.82) is 5.26 Å². The predicted molar refractivity (Wildman–Crippen MR) is 67.5 cm³/mol. The smallest absolute Gasteiger partial charge is 0.169 e. The molecule has 5 nitrogen and oxygen atoms in total. The van der Waals surface area contributed by atoms with E-state index in [0.717, 1.165) is 13.1 Å². The third kappa shape index (κ3) is 3.40. The zero-order valence-corrected chi connectivity index (χ0v) is 10.6. The van der Waals surface area contributed by atoms with E-state index < -0.39 is 0 Å². The molecule has 0 aromatic carbocycles. The molecule has 0 saturated carbocycles. The van der Waals surface area contributed by atoms with E-state index in [0.29, 0.717) is 17.9 Å². The zero-order chi connectivity index (χ0) is 12.9. The Kier molecular flexibility index (Phi) is 4.41. The lowest BCUT2D eigenvalue weighted by molar-refractivity contribution is 0.378. The lowest BCUT2D eigenvalue weighted by Gasteiger charge is -2.31. The van der Waals surface area contributed by atoms with E-state index in [1.165, 1.54) is 6.20 Å². The minimum atomic E-state index is -0.0136. The van der Waals surface area contributed by atoms with Gasteiger partial charge in [-0.25, -0.2) is 0 Å². The Balaban J connectivity index is 2.99. The number of nitriles is 1. The zero-order valence-electron chi connectivity index (χ0n) is 10.6. The second-order valence-electron chi connectivity index (χ2n) is 4.76. The van der Waals surface area contributed by atoms with E-state index in [-0.39, 0.29) is 5.41 Å². The second-order valence-corrected chi connectivity index (χ2v) is 4.76. The maximum absolute atomic E-state index is 9.05. The number of nitrogens with two attached hydrogens (primary N) is 1. The Morgan fingerprint density at radius 2 is 2.24 bits per heavy atom. The molecule has 0 unspecified atom stereocenters. The van der Waals surface area contributed by atoms with Gasteiger partial charge in [0, 0.05) is 13.1 Å². The van der Waals surface area contributed by atoms with Gasteiger partial charge in [0.1, 0.15) is 6.07 Å². The van der Waals surface area contributed by atoms with Crippen molar-refractivity contribution in [3.8, 4) is 6.07 Å². The molecule has 0 aliphatic rings. The van der Waals surface area contributed by atoms with Crippen LogP contribution in [0.1, 0.15) is 26.3 Å². The molecule has 0 radical (unpaired) electrons. The number of nitrogens with zero attached hydrogens (tertiary/aromatic N) is 4. The van der Waals surface area contributed by atoms with Gasteiger partial charge in [-0.2, -0.15) is 10.4 Å². The molecule has 1 aromatic heterocycles. The highest BCUT2D eigenvalue weighted by atomic mass is 15.3. The summed E-state index contributed by atoms with van der Waals surface area (Å²) in [5.74, 6) is 0.638. The fraction of sp³-hybridized carbons (Fsp3) is 0.583. The van der Waals surface area contributed by atoms with Gasteiger partial charge in [-0.15, -0.1) is 5.10 Å². The van der Waals surface area contributed by atoms with Crippen LogP contribution in [0.4, 0.5) is 5.82 Å². The van der Waals surface area contributed by atoms with Crippen LogP contribution in [0.5, 0.6) is 0 Å². The normalized spacial score (nSPS) is 11.0. The predicted octanol–water partition coefficient (Wildman–Crippen LogP) is 1.16. The summed E-state index contributed by atoms with van der Waals surface area (Å²) in [6, 6.07) is 3.82. The summed E-state index contributed by atoms with van der Waals surface area (Å²) >= 11 is 0. The van der Waals surface area contributed by atoms with Crippen molar-refractivity contribution in [3.05, 3.63) is 17.8 Å². The van der Waals surface area contributed by atoms with Crippen LogP contribution in [0, 0.1) is 16.7 Å². The largest absolute Gasteiger partial charge is 0.354 e. The molecule has 92 valence electrons. The molecule has 0 aliphatic carbocycles. The van der Waals surface area contributed by atoms with Gasteiger partial charge in [-0.1, -0.05) is 13.8 Å². The number of aromatic nitrogens is 2. The summed E-state index contributed by atoms with van der Waals surface area (Å²) in [5, 5.41) is 16.9. The minimum Gasteiger partial charge on any atom is -0.354 e. The van der Waals surface area contributed by atoms with E-state index >= 15 is 0 Å². The molecule has 0 aliphatic heterocycles. The van der Waals surface area contributed by atoms with Crippen molar-refractivity contribution in [2.24, 2.45) is 11.1 Å². The molecular weight excluding hydrogens is 214 g/mol. The number of anilines is 1. The van der Waals surface area contributed by atoms with E-state index in [4.69, 9.17) is 11.0 Å². The summed E-state index contributed by atoms with van der Waals surface area (Å²) in [6.45, 7) is 8.34. The Labute approximate surface area is 102 Å². The molecule has 1 aromatic rings. The number of hydrogen-bond donors (Lipinski definition) is 1. The molecule has 0 atom stereocenters. The van der Waals surface area contributed by atoms with Crippen LogP contribution in [-0.2, 0) is 0 Å². The maximum Gasteiger partial charge on any atom is 0.169 e. The first-order chi connectivity index (χ1) is 8.04. The first kappa shape index (κ1) is 13.4. The van der Waals surface area contributed by atoms with Crippen LogP contribution in [0.25, 0.3) is 0 Å². The first-order valence-electron chi connectivity index (χ1n) is 5.71. The third-order valence-electron chi connectivity index (χ3n) is 2.67.